The van der Waals surface area contributed by atoms with Crippen LogP contribution in [0.5, 0.6) is 5.75 Å². The van der Waals surface area contributed by atoms with Crippen LogP contribution in [0.2, 0.25) is 0 Å². The van der Waals surface area contributed by atoms with Gasteiger partial charge in [-0.3, -0.25) is 4.79 Å². The van der Waals surface area contributed by atoms with Crippen molar-refractivity contribution in [3.63, 3.8) is 0 Å². The van der Waals surface area contributed by atoms with Crippen LogP contribution in [-0.4, -0.2) is 11.4 Å². The van der Waals surface area contributed by atoms with E-state index in [1.807, 2.05) is 20.8 Å². The number of carbonyl (C=O) groups is 1. The third-order valence-corrected chi connectivity index (χ3v) is 2.70. The van der Waals surface area contributed by atoms with Crippen molar-refractivity contribution in [3.05, 3.63) is 27.7 Å². The van der Waals surface area contributed by atoms with Crippen molar-refractivity contribution in [1.82, 2.24) is 0 Å². The molecule has 3 heteroatoms. The standard InChI is InChI=1S/C11H13BrO2/c1-11(2,3)9-8(12)5-4-7(6-13)10(9)14/h4-6,14H,1-3H3. The highest BCUT2D eigenvalue weighted by molar-refractivity contribution is 9.10. The molecule has 14 heavy (non-hydrogen) atoms. The van der Waals surface area contributed by atoms with Gasteiger partial charge >= 0.3 is 0 Å². The molecule has 76 valence electrons. The zero-order valence-electron chi connectivity index (χ0n) is 8.47. The summed E-state index contributed by atoms with van der Waals surface area (Å²) in [6.45, 7) is 5.96. The molecule has 0 saturated carbocycles. The lowest BCUT2D eigenvalue weighted by Crippen LogP contribution is -2.13. The maximum Gasteiger partial charge on any atom is 0.153 e. The van der Waals surface area contributed by atoms with Crippen LogP contribution < -0.4 is 0 Å². The summed E-state index contributed by atoms with van der Waals surface area (Å²) < 4.78 is 0.827. The molecule has 0 fully saturated rings. The molecule has 0 aliphatic carbocycles. The minimum absolute atomic E-state index is 0.0712. The van der Waals surface area contributed by atoms with Crippen molar-refractivity contribution >= 4 is 22.2 Å². The van der Waals surface area contributed by atoms with Gasteiger partial charge in [-0.05, 0) is 17.5 Å². The molecule has 0 unspecified atom stereocenters. The third-order valence-electron chi connectivity index (χ3n) is 2.04. The molecule has 1 rings (SSSR count). The molecular formula is C11H13BrO2. The zero-order valence-corrected chi connectivity index (χ0v) is 10.1. The Morgan fingerprint density at radius 3 is 2.36 bits per heavy atom. The Kier molecular flexibility index (Phi) is 3.00. The molecule has 0 aliphatic rings. The summed E-state index contributed by atoms with van der Waals surface area (Å²) in [7, 11) is 0. The molecule has 2 nitrogen and oxygen atoms in total. The number of benzene rings is 1. The Balaban J connectivity index is 3.48. The fourth-order valence-corrected chi connectivity index (χ4v) is 2.31. The van der Waals surface area contributed by atoms with Gasteiger partial charge in [0.2, 0.25) is 0 Å². The molecule has 0 spiro atoms. The first-order valence-corrected chi connectivity index (χ1v) is 5.14. The highest BCUT2D eigenvalue weighted by atomic mass is 79.9. The first-order valence-electron chi connectivity index (χ1n) is 4.35. The molecule has 0 heterocycles. The van der Waals surface area contributed by atoms with Crippen molar-refractivity contribution in [3.8, 4) is 5.75 Å². The van der Waals surface area contributed by atoms with Gasteiger partial charge in [0.25, 0.3) is 0 Å². The lowest BCUT2D eigenvalue weighted by atomic mass is 9.85. The van der Waals surface area contributed by atoms with Crippen LogP contribution in [0.25, 0.3) is 0 Å². The Bertz CT molecular complexity index is 364. The largest absolute Gasteiger partial charge is 0.507 e. The van der Waals surface area contributed by atoms with E-state index in [-0.39, 0.29) is 11.2 Å². The maximum absolute atomic E-state index is 10.6. The van der Waals surface area contributed by atoms with Gasteiger partial charge < -0.3 is 5.11 Å². The normalized spacial score (nSPS) is 11.4. The van der Waals surface area contributed by atoms with Gasteiger partial charge in [-0.2, -0.15) is 0 Å². The molecule has 0 saturated heterocycles. The summed E-state index contributed by atoms with van der Waals surface area (Å²) in [4.78, 5) is 10.6. The molecule has 0 amide bonds. The highest BCUT2D eigenvalue weighted by Gasteiger charge is 2.22. The number of carbonyl (C=O) groups excluding carboxylic acids is 1. The lowest BCUT2D eigenvalue weighted by molar-refractivity contribution is 0.112. The van der Waals surface area contributed by atoms with Gasteiger partial charge in [0, 0.05) is 10.0 Å². The zero-order chi connectivity index (χ0) is 10.9. The van der Waals surface area contributed by atoms with Crippen LogP contribution in [0.3, 0.4) is 0 Å². The summed E-state index contributed by atoms with van der Waals surface area (Å²) in [6.07, 6.45) is 0.664. The Labute approximate surface area is 92.1 Å². The van der Waals surface area contributed by atoms with Crippen LogP contribution >= 0.6 is 15.9 Å². The molecule has 0 radical (unpaired) electrons. The van der Waals surface area contributed by atoms with Gasteiger partial charge in [-0.15, -0.1) is 0 Å². The van der Waals surface area contributed by atoms with Crippen LogP contribution in [-0.2, 0) is 5.41 Å². The fraction of sp³-hybridized carbons (Fsp3) is 0.364. The molecule has 1 aromatic carbocycles. The summed E-state index contributed by atoms with van der Waals surface area (Å²) >= 11 is 3.37. The molecular weight excluding hydrogens is 244 g/mol. The van der Waals surface area contributed by atoms with E-state index in [1.165, 1.54) is 0 Å². The second-order valence-corrected chi connectivity index (χ2v) is 5.08. The van der Waals surface area contributed by atoms with Gasteiger partial charge in [-0.1, -0.05) is 36.7 Å². The number of aromatic hydroxyl groups is 1. The SMILES string of the molecule is CC(C)(C)c1c(Br)ccc(C=O)c1O. The average molecular weight is 257 g/mol. The summed E-state index contributed by atoms with van der Waals surface area (Å²) in [5.41, 5.74) is 0.905. The van der Waals surface area contributed by atoms with E-state index < -0.39 is 0 Å². The summed E-state index contributed by atoms with van der Waals surface area (Å²) in [5.74, 6) is 0.0712. The fourth-order valence-electron chi connectivity index (χ4n) is 1.39. The summed E-state index contributed by atoms with van der Waals surface area (Å²) in [6, 6.07) is 3.38. The van der Waals surface area contributed by atoms with E-state index in [9.17, 15) is 9.90 Å². The van der Waals surface area contributed by atoms with Crippen molar-refractivity contribution in [2.45, 2.75) is 26.2 Å². The van der Waals surface area contributed by atoms with Crippen molar-refractivity contribution < 1.29 is 9.90 Å². The average Bonchev–Trinajstić information content (AvgIpc) is 2.02. The van der Waals surface area contributed by atoms with E-state index in [0.29, 0.717) is 11.8 Å². The first-order chi connectivity index (χ1) is 6.38. The maximum atomic E-state index is 10.6. The van der Waals surface area contributed by atoms with E-state index in [4.69, 9.17) is 0 Å². The van der Waals surface area contributed by atoms with Gasteiger partial charge in [0.1, 0.15) is 5.75 Å². The van der Waals surface area contributed by atoms with Crippen LogP contribution in [0.1, 0.15) is 36.7 Å². The monoisotopic (exact) mass is 256 g/mol. The molecule has 0 bridgehead atoms. The van der Waals surface area contributed by atoms with Crippen LogP contribution in [0.4, 0.5) is 0 Å². The second-order valence-electron chi connectivity index (χ2n) is 4.23. The van der Waals surface area contributed by atoms with Gasteiger partial charge in [0.05, 0.1) is 5.56 Å². The number of hydrogen-bond acceptors (Lipinski definition) is 2. The van der Waals surface area contributed by atoms with E-state index in [0.717, 1.165) is 10.0 Å². The van der Waals surface area contributed by atoms with Gasteiger partial charge in [-0.25, -0.2) is 0 Å². The van der Waals surface area contributed by atoms with Crippen LogP contribution in [0, 0.1) is 0 Å². The van der Waals surface area contributed by atoms with E-state index in [1.54, 1.807) is 12.1 Å². The topological polar surface area (TPSA) is 37.3 Å². The Morgan fingerprint density at radius 1 is 1.36 bits per heavy atom. The van der Waals surface area contributed by atoms with Crippen molar-refractivity contribution in [1.29, 1.82) is 0 Å². The molecule has 1 aromatic rings. The predicted octanol–water partition coefficient (Wildman–Crippen LogP) is 3.26. The van der Waals surface area contributed by atoms with E-state index >= 15 is 0 Å². The first kappa shape index (κ1) is 11.2. The number of halogens is 1. The Morgan fingerprint density at radius 2 is 1.93 bits per heavy atom. The number of hydrogen-bond donors (Lipinski definition) is 1. The van der Waals surface area contributed by atoms with Crippen molar-refractivity contribution in [2.24, 2.45) is 0 Å². The molecule has 0 aliphatic heterocycles. The number of rotatable bonds is 1. The number of phenols is 1. The number of aldehydes is 1. The lowest BCUT2D eigenvalue weighted by Gasteiger charge is -2.22. The Hall–Kier alpha value is -0.830. The third kappa shape index (κ3) is 1.98. The van der Waals surface area contributed by atoms with Crippen LogP contribution in [0.15, 0.2) is 16.6 Å². The van der Waals surface area contributed by atoms with Crippen molar-refractivity contribution in [2.75, 3.05) is 0 Å². The minimum Gasteiger partial charge on any atom is -0.507 e. The molecule has 1 N–H and O–H groups in total. The van der Waals surface area contributed by atoms with E-state index in [2.05, 4.69) is 15.9 Å². The molecule has 0 aromatic heterocycles. The molecule has 0 atom stereocenters. The van der Waals surface area contributed by atoms with Gasteiger partial charge in [0.15, 0.2) is 6.29 Å². The minimum atomic E-state index is -0.193. The second kappa shape index (κ2) is 3.73. The smallest absolute Gasteiger partial charge is 0.153 e. The summed E-state index contributed by atoms with van der Waals surface area (Å²) in [5, 5.41) is 9.84. The highest BCUT2D eigenvalue weighted by Crippen LogP contribution is 2.38. The quantitative estimate of drug-likeness (QED) is 0.784. The number of phenolic OH excluding ortho intramolecular Hbond substituents is 1. The predicted molar refractivity (Wildman–Crippen MR) is 59.9 cm³/mol.